The molecule has 5 heteroatoms. The van der Waals surface area contributed by atoms with Crippen LogP contribution in [0.4, 0.5) is 15.9 Å². The summed E-state index contributed by atoms with van der Waals surface area (Å²) in [6.45, 7) is 4.33. The Bertz CT molecular complexity index is 1110. The number of nitrogens with zero attached hydrogens (tertiary/aromatic N) is 4. The monoisotopic (exact) mass is 358 g/mol. The minimum absolute atomic E-state index is 0.339. The topological polar surface area (TPSA) is 42.0 Å². The van der Waals surface area contributed by atoms with Gasteiger partial charge >= 0.3 is 0 Å². The Kier molecular flexibility index (Phi) is 4.50. The number of pyridine rings is 1. The number of fused-ring (bicyclic) bond motifs is 1. The lowest BCUT2D eigenvalue weighted by Gasteiger charge is -2.06. The van der Waals surface area contributed by atoms with E-state index >= 15 is 0 Å². The normalized spacial score (nSPS) is 11.7. The molecule has 4 nitrogen and oxygen atoms in total. The van der Waals surface area contributed by atoms with Crippen molar-refractivity contribution >= 4 is 17.2 Å². The van der Waals surface area contributed by atoms with E-state index in [1.165, 1.54) is 17.7 Å². The van der Waals surface area contributed by atoms with Crippen LogP contribution in [0.25, 0.3) is 16.9 Å². The molecule has 0 amide bonds. The van der Waals surface area contributed by atoms with Gasteiger partial charge in [0, 0.05) is 17.8 Å². The number of rotatable bonds is 4. The Balaban J connectivity index is 1.82. The van der Waals surface area contributed by atoms with Crippen LogP contribution in [0.1, 0.15) is 25.3 Å². The largest absolute Gasteiger partial charge is 0.283 e. The summed E-state index contributed by atoms with van der Waals surface area (Å²) in [6, 6.07) is 20.2. The molecule has 2 aromatic heterocycles. The van der Waals surface area contributed by atoms with Gasteiger partial charge in [0.05, 0.1) is 5.69 Å². The third-order valence-corrected chi connectivity index (χ3v) is 4.42. The van der Waals surface area contributed by atoms with Gasteiger partial charge in [0.1, 0.15) is 17.2 Å². The second kappa shape index (κ2) is 7.11. The molecule has 0 bridgehead atoms. The van der Waals surface area contributed by atoms with Gasteiger partial charge in [0.25, 0.3) is 0 Å². The van der Waals surface area contributed by atoms with Crippen LogP contribution in [0.2, 0.25) is 0 Å². The lowest BCUT2D eigenvalue weighted by molar-refractivity contribution is 0.628. The minimum atomic E-state index is -0.339. The second-order valence-electron chi connectivity index (χ2n) is 6.67. The molecule has 0 aliphatic rings. The minimum Gasteiger partial charge on any atom is -0.283 e. The maximum Gasteiger partial charge on any atom is 0.187 e. The van der Waals surface area contributed by atoms with Crippen molar-refractivity contribution < 1.29 is 4.39 Å². The zero-order chi connectivity index (χ0) is 18.8. The van der Waals surface area contributed by atoms with Crippen LogP contribution in [0.5, 0.6) is 0 Å². The van der Waals surface area contributed by atoms with Crippen LogP contribution in [-0.2, 0) is 0 Å². The number of hydrogen-bond acceptors (Lipinski definition) is 3. The average molecular weight is 358 g/mol. The van der Waals surface area contributed by atoms with Gasteiger partial charge in [-0.15, -0.1) is 10.2 Å². The number of azo groups is 1. The van der Waals surface area contributed by atoms with E-state index in [1.54, 1.807) is 12.1 Å². The number of aromatic nitrogens is 2. The highest BCUT2D eigenvalue weighted by molar-refractivity contribution is 5.74. The molecule has 0 fully saturated rings. The van der Waals surface area contributed by atoms with E-state index in [-0.39, 0.29) is 5.82 Å². The molecule has 27 heavy (non-hydrogen) atoms. The van der Waals surface area contributed by atoms with E-state index < -0.39 is 0 Å². The Morgan fingerprint density at radius 3 is 2.48 bits per heavy atom. The van der Waals surface area contributed by atoms with Gasteiger partial charge in [-0.2, -0.15) is 0 Å². The van der Waals surface area contributed by atoms with Crippen molar-refractivity contribution in [2.75, 3.05) is 0 Å². The highest BCUT2D eigenvalue weighted by atomic mass is 19.1. The van der Waals surface area contributed by atoms with Gasteiger partial charge in [-0.1, -0.05) is 50.2 Å². The molecular weight excluding hydrogens is 339 g/mol. The second-order valence-corrected chi connectivity index (χ2v) is 6.67. The number of benzene rings is 2. The first kappa shape index (κ1) is 17.1. The lowest BCUT2D eigenvalue weighted by atomic mass is 10.0. The van der Waals surface area contributed by atoms with Crippen molar-refractivity contribution in [3.63, 3.8) is 0 Å². The maximum atomic E-state index is 13.4. The summed E-state index contributed by atoms with van der Waals surface area (Å²) < 4.78 is 15.3. The standard InChI is InChI=1S/C22H19FN4/c1-15(2)16-9-11-17(12-10-16)21-22(27-13-4-3-8-20(27)24-21)26-25-19-7-5-6-18(23)14-19/h3-15H,1-2H3. The van der Waals surface area contributed by atoms with Crippen LogP contribution in [0.15, 0.2) is 83.2 Å². The first-order chi connectivity index (χ1) is 13.1. The zero-order valence-corrected chi connectivity index (χ0v) is 15.2. The molecule has 0 radical (unpaired) electrons. The van der Waals surface area contributed by atoms with Crippen LogP contribution in [-0.4, -0.2) is 9.38 Å². The van der Waals surface area contributed by atoms with Gasteiger partial charge in [-0.3, -0.25) is 4.40 Å². The summed E-state index contributed by atoms with van der Waals surface area (Å²) in [6.07, 6.45) is 1.90. The molecule has 0 unspecified atom stereocenters. The zero-order valence-electron chi connectivity index (χ0n) is 15.2. The van der Waals surface area contributed by atoms with Crippen LogP contribution < -0.4 is 0 Å². The van der Waals surface area contributed by atoms with Crippen molar-refractivity contribution in [1.29, 1.82) is 0 Å². The van der Waals surface area contributed by atoms with Gasteiger partial charge in [-0.25, -0.2) is 9.37 Å². The molecule has 4 rings (SSSR count). The van der Waals surface area contributed by atoms with Crippen molar-refractivity contribution in [3.05, 3.63) is 84.3 Å². The highest BCUT2D eigenvalue weighted by Gasteiger charge is 2.14. The molecule has 2 heterocycles. The Hall–Kier alpha value is -3.34. The molecule has 0 spiro atoms. The van der Waals surface area contributed by atoms with E-state index in [1.807, 2.05) is 28.8 Å². The number of hydrogen-bond donors (Lipinski definition) is 0. The van der Waals surface area contributed by atoms with Gasteiger partial charge in [-0.05, 0) is 35.7 Å². The van der Waals surface area contributed by atoms with E-state index in [9.17, 15) is 4.39 Å². The fourth-order valence-electron chi connectivity index (χ4n) is 2.94. The molecule has 0 saturated carbocycles. The van der Waals surface area contributed by atoms with Gasteiger partial charge < -0.3 is 0 Å². The van der Waals surface area contributed by atoms with Crippen molar-refractivity contribution in [3.8, 4) is 11.3 Å². The number of halogens is 1. The predicted molar refractivity (Wildman–Crippen MR) is 105 cm³/mol. The highest BCUT2D eigenvalue weighted by Crippen LogP contribution is 2.33. The summed E-state index contributed by atoms with van der Waals surface area (Å²) in [5.74, 6) is 0.744. The van der Waals surface area contributed by atoms with Crippen molar-refractivity contribution in [2.24, 2.45) is 10.2 Å². The Labute approximate surface area is 157 Å². The first-order valence-corrected chi connectivity index (χ1v) is 8.86. The smallest absolute Gasteiger partial charge is 0.187 e. The molecule has 0 N–H and O–H groups in total. The molecular formula is C22H19FN4. The molecule has 0 aliphatic heterocycles. The molecule has 0 aliphatic carbocycles. The lowest BCUT2D eigenvalue weighted by Crippen LogP contribution is -1.87. The quantitative estimate of drug-likeness (QED) is 0.375. The Morgan fingerprint density at radius 2 is 1.74 bits per heavy atom. The van der Waals surface area contributed by atoms with E-state index in [4.69, 9.17) is 4.98 Å². The maximum absolute atomic E-state index is 13.4. The molecule has 0 saturated heterocycles. The summed E-state index contributed by atoms with van der Waals surface area (Å²) in [7, 11) is 0. The summed E-state index contributed by atoms with van der Waals surface area (Å²) >= 11 is 0. The summed E-state index contributed by atoms with van der Waals surface area (Å²) in [4.78, 5) is 4.72. The first-order valence-electron chi connectivity index (χ1n) is 8.86. The number of imidazole rings is 1. The predicted octanol–water partition coefficient (Wildman–Crippen LogP) is 6.68. The fourth-order valence-corrected chi connectivity index (χ4v) is 2.94. The van der Waals surface area contributed by atoms with Crippen molar-refractivity contribution in [2.45, 2.75) is 19.8 Å². The SMILES string of the molecule is CC(C)c1ccc(-c2nc3ccccn3c2N=Nc2cccc(F)c2)cc1. The van der Waals surface area contributed by atoms with E-state index in [2.05, 4.69) is 48.3 Å². The summed E-state index contributed by atoms with van der Waals surface area (Å²) in [5, 5.41) is 8.61. The Morgan fingerprint density at radius 1 is 0.926 bits per heavy atom. The fraction of sp³-hybridized carbons (Fsp3) is 0.136. The van der Waals surface area contributed by atoms with Gasteiger partial charge in [0.15, 0.2) is 5.82 Å². The summed E-state index contributed by atoms with van der Waals surface area (Å²) in [5.41, 5.74) is 4.23. The average Bonchev–Trinajstić information content (AvgIpc) is 3.05. The van der Waals surface area contributed by atoms with Gasteiger partial charge in [0.2, 0.25) is 0 Å². The molecule has 0 atom stereocenters. The van der Waals surface area contributed by atoms with Crippen molar-refractivity contribution in [1.82, 2.24) is 9.38 Å². The third-order valence-electron chi connectivity index (χ3n) is 4.42. The van der Waals surface area contributed by atoms with E-state index in [0.717, 1.165) is 16.9 Å². The third kappa shape index (κ3) is 3.49. The molecule has 4 aromatic rings. The molecule has 2 aromatic carbocycles. The van der Waals surface area contributed by atoms with Crippen LogP contribution >= 0.6 is 0 Å². The van der Waals surface area contributed by atoms with Crippen LogP contribution in [0, 0.1) is 5.82 Å². The van der Waals surface area contributed by atoms with E-state index in [0.29, 0.717) is 17.4 Å². The molecule has 134 valence electrons. The van der Waals surface area contributed by atoms with Crippen LogP contribution in [0.3, 0.4) is 0 Å².